The Morgan fingerprint density at radius 2 is 2.08 bits per heavy atom. The normalized spacial score (nSPS) is 10.1. The highest BCUT2D eigenvalue weighted by molar-refractivity contribution is 9.10. The molecule has 2 nitrogen and oxygen atoms in total. The molecule has 0 fully saturated rings. The lowest BCUT2D eigenvalue weighted by Gasteiger charge is -1.95. The van der Waals surface area contributed by atoms with Crippen LogP contribution in [0.4, 0.5) is 0 Å². The summed E-state index contributed by atoms with van der Waals surface area (Å²) in [5.41, 5.74) is 2.21. The zero-order chi connectivity index (χ0) is 8.39. The van der Waals surface area contributed by atoms with Crippen molar-refractivity contribution < 1.29 is 0 Å². The molecular formula is C8H5BrN2S. The molecule has 0 aromatic carbocycles. The van der Waals surface area contributed by atoms with Crippen LogP contribution in [0, 0.1) is 0 Å². The molecule has 0 aliphatic carbocycles. The van der Waals surface area contributed by atoms with E-state index in [2.05, 4.69) is 25.3 Å². The van der Waals surface area contributed by atoms with Crippen molar-refractivity contribution in [1.82, 2.24) is 9.36 Å². The van der Waals surface area contributed by atoms with E-state index in [4.69, 9.17) is 0 Å². The van der Waals surface area contributed by atoms with Crippen LogP contribution in [0.3, 0.4) is 0 Å². The molecule has 0 N–H and O–H groups in total. The van der Waals surface area contributed by atoms with Gasteiger partial charge in [0.25, 0.3) is 0 Å². The molecule has 2 rings (SSSR count). The predicted octanol–water partition coefficient (Wildman–Crippen LogP) is 2.97. The Balaban J connectivity index is 2.48. The van der Waals surface area contributed by atoms with Crippen molar-refractivity contribution >= 4 is 27.5 Å². The lowest BCUT2D eigenvalue weighted by molar-refractivity contribution is 1.31. The Kier molecular flexibility index (Phi) is 2.19. The Bertz CT molecular complexity index is 372. The van der Waals surface area contributed by atoms with E-state index in [0.29, 0.717) is 0 Å². The monoisotopic (exact) mass is 240 g/mol. The molecule has 60 valence electrons. The summed E-state index contributed by atoms with van der Waals surface area (Å²) in [6.07, 6.45) is 5.44. The molecule has 0 bridgehead atoms. The first-order chi connectivity index (χ1) is 5.86. The second-order valence-electron chi connectivity index (χ2n) is 2.30. The van der Waals surface area contributed by atoms with Gasteiger partial charge in [-0.2, -0.15) is 0 Å². The highest BCUT2D eigenvalue weighted by atomic mass is 79.9. The standard InChI is InChI=1S/C8H5BrN2S/c9-8-1-6(2-10-4-8)7-3-11-12-5-7/h1-5H. The largest absolute Gasteiger partial charge is 0.263 e. The van der Waals surface area contributed by atoms with Crippen LogP contribution >= 0.6 is 27.5 Å². The van der Waals surface area contributed by atoms with Crippen LogP contribution in [-0.4, -0.2) is 9.36 Å². The van der Waals surface area contributed by atoms with Gasteiger partial charge in [-0.05, 0) is 33.5 Å². The number of rotatable bonds is 1. The molecule has 0 unspecified atom stereocenters. The van der Waals surface area contributed by atoms with Crippen molar-refractivity contribution in [1.29, 1.82) is 0 Å². The molecule has 12 heavy (non-hydrogen) atoms. The minimum atomic E-state index is 0.992. The molecule has 0 saturated heterocycles. The third kappa shape index (κ3) is 1.54. The molecule has 0 spiro atoms. The van der Waals surface area contributed by atoms with Gasteiger partial charge < -0.3 is 0 Å². The third-order valence-corrected chi connectivity index (χ3v) is 2.49. The Morgan fingerprint density at radius 1 is 1.17 bits per heavy atom. The Labute approximate surface area is 82.6 Å². The van der Waals surface area contributed by atoms with Gasteiger partial charge in [0.1, 0.15) is 0 Å². The van der Waals surface area contributed by atoms with Gasteiger partial charge >= 0.3 is 0 Å². The highest BCUT2D eigenvalue weighted by Crippen LogP contribution is 2.21. The molecule has 0 aliphatic heterocycles. The summed E-state index contributed by atoms with van der Waals surface area (Å²) < 4.78 is 5.02. The smallest absolute Gasteiger partial charge is 0.0486 e. The van der Waals surface area contributed by atoms with E-state index in [0.717, 1.165) is 15.6 Å². The fourth-order valence-corrected chi connectivity index (χ4v) is 1.83. The molecule has 2 aromatic rings. The van der Waals surface area contributed by atoms with Gasteiger partial charge in [0, 0.05) is 39.6 Å². The van der Waals surface area contributed by atoms with E-state index < -0.39 is 0 Å². The molecule has 0 amide bonds. The summed E-state index contributed by atoms with van der Waals surface area (Å²) in [7, 11) is 0. The van der Waals surface area contributed by atoms with Crippen molar-refractivity contribution in [3.8, 4) is 11.1 Å². The molecule has 0 aliphatic rings. The van der Waals surface area contributed by atoms with Crippen molar-refractivity contribution in [3.05, 3.63) is 34.5 Å². The fourth-order valence-electron chi connectivity index (χ4n) is 0.917. The fraction of sp³-hybridized carbons (Fsp3) is 0. The van der Waals surface area contributed by atoms with Gasteiger partial charge in [0.2, 0.25) is 0 Å². The second-order valence-corrected chi connectivity index (χ2v) is 3.88. The van der Waals surface area contributed by atoms with Gasteiger partial charge in [-0.3, -0.25) is 4.98 Å². The van der Waals surface area contributed by atoms with Crippen molar-refractivity contribution in [2.24, 2.45) is 0 Å². The number of pyridine rings is 1. The second kappa shape index (κ2) is 3.33. The van der Waals surface area contributed by atoms with Crippen LogP contribution in [0.1, 0.15) is 0 Å². The van der Waals surface area contributed by atoms with Gasteiger partial charge in [0.05, 0.1) is 0 Å². The number of halogens is 1. The summed E-state index contributed by atoms with van der Waals surface area (Å²) in [6, 6.07) is 2.02. The zero-order valence-corrected chi connectivity index (χ0v) is 8.47. The molecule has 2 aromatic heterocycles. The van der Waals surface area contributed by atoms with E-state index >= 15 is 0 Å². The van der Waals surface area contributed by atoms with E-state index in [1.165, 1.54) is 11.5 Å². The van der Waals surface area contributed by atoms with E-state index in [1.807, 2.05) is 23.8 Å². The van der Waals surface area contributed by atoms with E-state index in [9.17, 15) is 0 Å². The van der Waals surface area contributed by atoms with Crippen LogP contribution in [0.2, 0.25) is 0 Å². The van der Waals surface area contributed by atoms with Crippen molar-refractivity contribution in [2.45, 2.75) is 0 Å². The van der Waals surface area contributed by atoms with Gasteiger partial charge in [-0.15, -0.1) is 0 Å². The van der Waals surface area contributed by atoms with E-state index in [1.54, 1.807) is 6.20 Å². The average Bonchev–Trinajstić information content (AvgIpc) is 2.56. The number of aromatic nitrogens is 2. The highest BCUT2D eigenvalue weighted by Gasteiger charge is 1.98. The topological polar surface area (TPSA) is 25.8 Å². The summed E-state index contributed by atoms with van der Waals surface area (Å²) in [6.45, 7) is 0. The van der Waals surface area contributed by atoms with E-state index in [-0.39, 0.29) is 0 Å². The average molecular weight is 241 g/mol. The Morgan fingerprint density at radius 3 is 2.75 bits per heavy atom. The molecule has 4 heteroatoms. The number of hydrogen-bond donors (Lipinski definition) is 0. The summed E-state index contributed by atoms with van der Waals surface area (Å²) >= 11 is 4.82. The first kappa shape index (κ1) is 7.89. The summed E-state index contributed by atoms with van der Waals surface area (Å²) in [5.74, 6) is 0. The quantitative estimate of drug-likeness (QED) is 0.767. The zero-order valence-electron chi connectivity index (χ0n) is 6.07. The van der Waals surface area contributed by atoms with Gasteiger partial charge in [-0.1, -0.05) is 0 Å². The lowest BCUT2D eigenvalue weighted by Crippen LogP contribution is -1.76. The van der Waals surface area contributed by atoms with Crippen LogP contribution in [0.25, 0.3) is 11.1 Å². The first-order valence-electron chi connectivity index (χ1n) is 3.36. The van der Waals surface area contributed by atoms with Crippen LogP contribution in [0.5, 0.6) is 0 Å². The molecule has 0 atom stereocenters. The molecule has 2 heterocycles. The predicted molar refractivity (Wildman–Crippen MR) is 53.0 cm³/mol. The van der Waals surface area contributed by atoms with Crippen molar-refractivity contribution in [2.75, 3.05) is 0 Å². The number of nitrogens with zero attached hydrogens (tertiary/aromatic N) is 2. The van der Waals surface area contributed by atoms with Gasteiger partial charge in [0.15, 0.2) is 0 Å². The first-order valence-corrected chi connectivity index (χ1v) is 4.99. The SMILES string of the molecule is Brc1cncc(-c2cnsc2)c1. The minimum absolute atomic E-state index is 0.992. The molecular weight excluding hydrogens is 236 g/mol. The van der Waals surface area contributed by atoms with Crippen LogP contribution in [-0.2, 0) is 0 Å². The minimum Gasteiger partial charge on any atom is -0.263 e. The third-order valence-electron chi connectivity index (χ3n) is 1.47. The van der Waals surface area contributed by atoms with Crippen LogP contribution in [0.15, 0.2) is 34.5 Å². The van der Waals surface area contributed by atoms with Gasteiger partial charge in [-0.25, -0.2) is 4.37 Å². The number of hydrogen-bond acceptors (Lipinski definition) is 3. The molecule has 0 radical (unpaired) electrons. The lowest BCUT2D eigenvalue weighted by atomic mass is 10.2. The summed E-state index contributed by atoms with van der Waals surface area (Å²) in [4.78, 5) is 4.07. The summed E-state index contributed by atoms with van der Waals surface area (Å²) in [5, 5.41) is 2.00. The van der Waals surface area contributed by atoms with Crippen LogP contribution < -0.4 is 0 Å². The Hall–Kier alpha value is -0.740. The van der Waals surface area contributed by atoms with Crippen molar-refractivity contribution in [3.63, 3.8) is 0 Å². The molecule has 0 saturated carbocycles. The maximum atomic E-state index is 4.07. The maximum absolute atomic E-state index is 4.07. The maximum Gasteiger partial charge on any atom is 0.0486 e.